The van der Waals surface area contributed by atoms with Crippen LogP contribution in [-0.2, 0) is 4.79 Å². The number of nitrogens with one attached hydrogen (secondary N) is 1. The van der Waals surface area contributed by atoms with Gasteiger partial charge in [0.25, 0.3) is 5.91 Å². The molecule has 5 heteroatoms. The van der Waals surface area contributed by atoms with Crippen molar-refractivity contribution in [3.63, 3.8) is 0 Å². The third-order valence-corrected chi connectivity index (χ3v) is 3.60. The fourth-order valence-corrected chi connectivity index (χ4v) is 2.48. The fourth-order valence-electron chi connectivity index (χ4n) is 1.29. The van der Waals surface area contributed by atoms with E-state index in [9.17, 15) is 4.79 Å². The molecule has 1 saturated heterocycles. The second-order valence-corrected chi connectivity index (χ2v) is 5.38. The van der Waals surface area contributed by atoms with Gasteiger partial charge in [-0.15, -0.1) is 0 Å². The van der Waals surface area contributed by atoms with Gasteiger partial charge in [-0.3, -0.25) is 4.79 Å². The first kappa shape index (κ1) is 12.4. The lowest BCUT2D eigenvalue weighted by molar-refractivity contribution is -0.115. The largest absolute Gasteiger partial charge is 0.307 e. The van der Waals surface area contributed by atoms with Crippen LogP contribution in [0.1, 0.15) is 5.56 Å². The van der Waals surface area contributed by atoms with Gasteiger partial charge in [0, 0.05) is 5.02 Å². The first-order valence-electron chi connectivity index (χ1n) is 4.83. The minimum absolute atomic E-state index is 0.149. The van der Waals surface area contributed by atoms with Crippen molar-refractivity contribution in [2.75, 3.05) is 0 Å². The Hall–Kier alpha value is -1.10. The lowest BCUT2D eigenvalue weighted by atomic mass is 10.2. The Bertz CT molecular complexity index is 537. The summed E-state index contributed by atoms with van der Waals surface area (Å²) in [6, 6.07) is 7.51. The molecule has 1 aromatic rings. The van der Waals surface area contributed by atoms with Gasteiger partial charge in [0.2, 0.25) is 0 Å². The molecule has 86 valence electrons. The number of halogens is 1. The van der Waals surface area contributed by atoms with Gasteiger partial charge in [0.05, 0.1) is 4.91 Å². The number of benzene rings is 1. The van der Waals surface area contributed by atoms with Gasteiger partial charge in [0.15, 0.2) is 0 Å². The Balaban J connectivity index is 2.13. The molecular formula is C12H8ClNOS2. The Morgan fingerprint density at radius 1 is 1.35 bits per heavy atom. The molecule has 1 N–H and O–H groups in total. The monoisotopic (exact) mass is 281 g/mol. The van der Waals surface area contributed by atoms with Crippen molar-refractivity contribution in [1.82, 2.24) is 5.32 Å². The number of carbonyl (C=O) groups excluding carboxylic acids is 1. The molecule has 1 heterocycles. The van der Waals surface area contributed by atoms with Crippen LogP contribution in [0.2, 0.25) is 5.02 Å². The van der Waals surface area contributed by atoms with E-state index in [2.05, 4.69) is 5.32 Å². The van der Waals surface area contributed by atoms with Gasteiger partial charge in [0.1, 0.15) is 4.32 Å². The van der Waals surface area contributed by atoms with Crippen LogP contribution >= 0.6 is 35.6 Å². The van der Waals surface area contributed by atoms with Crippen molar-refractivity contribution in [2.24, 2.45) is 0 Å². The molecule has 1 aliphatic heterocycles. The molecule has 0 saturated carbocycles. The van der Waals surface area contributed by atoms with Crippen LogP contribution in [0.25, 0.3) is 6.08 Å². The molecular weight excluding hydrogens is 274 g/mol. The summed E-state index contributed by atoms with van der Waals surface area (Å²) in [5.74, 6) is -0.149. The highest BCUT2D eigenvalue weighted by Crippen LogP contribution is 2.23. The third-order valence-electron chi connectivity index (χ3n) is 2.07. The number of hydrogen-bond acceptors (Lipinski definition) is 3. The lowest BCUT2D eigenvalue weighted by Gasteiger charge is -1.95. The second kappa shape index (κ2) is 5.49. The van der Waals surface area contributed by atoms with Gasteiger partial charge in [-0.2, -0.15) is 0 Å². The number of thioether (sulfide) groups is 1. The van der Waals surface area contributed by atoms with Crippen molar-refractivity contribution >= 4 is 51.9 Å². The predicted octanol–water partition coefficient (Wildman–Crippen LogP) is 3.39. The second-order valence-electron chi connectivity index (χ2n) is 3.26. The molecule has 0 bridgehead atoms. The van der Waals surface area contributed by atoms with Crippen LogP contribution in [0.4, 0.5) is 0 Å². The Labute approximate surface area is 114 Å². The summed E-state index contributed by atoms with van der Waals surface area (Å²) < 4.78 is 0.493. The molecule has 1 aromatic carbocycles. The van der Waals surface area contributed by atoms with Crippen molar-refractivity contribution in [2.45, 2.75) is 0 Å². The molecule has 1 amide bonds. The average molecular weight is 282 g/mol. The van der Waals surface area contributed by atoms with Gasteiger partial charge in [-0.05, 0) is 17.7 Å². The van der Waals surface area contributed by atoms with Crippen LogP contribution in [0.5, 0.6) is 0 Å². The lowest BCUT2D eigenvalue weighted by Crippen LogP contribution is -2.17. The van der Waals surface area contributed by atoms with Gasteiger partial charge >= 0.3 is 0 Å². The number of thiocarbonyl (C=S) groups is 1. The maximum absolute atomic E-state index is 11.3. The van der Waals surface area contributed by atoms with E-state index in [-0.39, 0.29) is 5.91 Å². The molecule has 0 spiro atoms. The van der Waals surface area contributed by atoms with Crippen molar-refractivity contribution in [3.8, 4) is 0 Å². The van der Waals surface area contributed by atoms with Gasteiger partial charge in [-0.1, -0.05) is 65.9 Å². The molecule has 1 aliphatic rings. The van der Waals surface area contributed by atoms with Crippen LogP contribution < -0.4 is 5.32 Å². The Morgan fingerprint density at radius 3 is 2.76 bits per heavy atom. The highest BCUT2D eigenvalue weighted by molar-refractivity contribution is 8.26. The van der Waals surface area contributed by atoms with E-state index in [4.69, 9.17) is 23.8 Å². The molecule has 2 nitrogen and oxygen atoms in total. The number of rotatable bonds is 2. The molecule has 0 unspecified atom stereocenters. The SMILES string of the molecule is O=C1NC(=S)S/C1=C/C=C\c1ccccc1Cl. The zero-order valence-corrected chi connectivity index (χ0v) is 11.0. The number of amides is 1. The summed E-state index contributed by atoms with van der Waals surface area (Å²) in [7, 11) is 0. The summed E-state index contributed by atoms with van der Waals surface area (Å²) >= 11 is 12.1. The van der Waals surface area contributed by atoms with Gasteiger partial charge < -0.3 is 5.32 Å². The topological polar surface area (TPSA) is 29.1 Å². The van der Waals surface area contributed by atoms with Crippen molar-refractivity contribution in [3.05, 3.63) is 51.9 Å². The maximum Gasteiger partial charge on any atom is 0.263 e. The minimum atomic E-state index is -0.149. The highest BCUT2D eigenvalue weighted by atomic mass is 35.5. The van der Waals surface area contributed by atoms with Crippen molar-refractivity contribution < 1.29 is 4.79 Å². The van der Waals surface area contributed by atoms with Crippen LogP contribution in [-0.4, -0.2) is 10.2 Å². The van der Waals surface area contributed by atoms with E-state index >= 15 is 0 Å². The smallest absolute Gasteiger partial charge is 0.263 e. The molecule has 0 aliphatic carbocycles. The molecule has 0 aromatic heterocycles. The fraction of sp³-hybridized carbons (Fsp3) is 0. The average Bonchev–Trinajstić information content (AvgIpc) is 2.60. The highest BCUT2D eigenvalue weighted by Gasteiger charge is 2.20. The van der Waals surface area contributed by atoms with Crippen molar-refractivity contribution in [1.29, 1.82) is 0 Å². The van der Waals surface area contributed by atoms with E-state index in [1.54, 1.807) is 12.2 Å². The van der Waals surface area contributed by atoms with Crippen LogP contribution in [0, 0.1) is 0 Å². The predicted molar refractivity (Wildman–Crippen MR) is 76.9 cm³/mol. The van der Waals surface area contributed by atoms with Crippen LogP contribution in [0.3, 0.4) is 0 Å². The first-order valence-corrected chi connectivity index (χ1v) is 6.43. The zero-order valence-electron chi connectivity index (χ0n) is 8.64. The Kier molecular flexibility index (Phi) is 3.99. The van der Waals surface area contributed by atoms with E-state index in [0.29, 0.717) is 14.2 Å². The first-order chi connectivity index (χ1) is 8.16. The van der Waals surface area contributed by atoms with E-state index in [1.807, 2.05) is 30.3 Å². The summed E-state index contributed by atoms with van der Waals surface area (Å²) in [6.45, 7) is 0. The van der Waals surface area contributed by atoms with E-state index in [0.717, 1.165) is 5.56 Å². The molecule has 2 rings (SSSR count). The zero-order chi connectivity index (χ0) is 12.3. The molecule has 17 heavy (non-hydrogen) atoms. The summed E-state index contributed by atoms with van der Waals surface area (Å²) in [6.07, 6.45) is 5.37. The summed E-state index contributed by atoms with van der Waals surface area (Å²) in [5.41, 5.74) is 0.914. The number of carbonyl (C=O) groups is 1. The number of allylic oxidation sites excluding steroid dienone is 2. The summed E-state index contributed by atoms with van der Waals surface area (Å²) in [4.78, 5) is 11.9. The molecule has 0 atom stereocenters. The van der Waals surface area contributed by atoms with E-state index < -0.39 is 0 Å². The minimum Gasteiger partial charge on any atom is -0.307 e. The quantitative estimate of drug-likeness (QED) is 0.666. The number of hydrogen-bond donors (Lipinski definition) is 1. The molecule has 0 radical (unpaired) electrons. The third kappa shape index (κ3) is 3.19. The standard InChI is InChI=1S/C12H8ClNOS2/c13-9-6-2-1-4-8(9)5-3-7-10-11(15)14-12(16)17-10/h1-7H,(H,14,15,16)/b5-3-,10-7+. The van der Waals surface area contributed by atoms with Crippen LogP contribution in [0.15, 0.2) is 41.3 Å². The van der Waals surface area contributed by atoms with Gasteiger partial charge in [-0.25, -0.2) is 0 Å². The summed E-state index contributed by atoms with van der Waals surface area (Å²) in [5, 5.41) is 3.24. The van der Waals surface area contributed by atoms with E-state index in [1.165, 1.54) is 11.8 Å². The maximum atomic E-state index is 11.3. The Morgan fingerprint density at radius 2 is 2.12 bits per heavy atom. The normalized spacial score (nSPS) is 18.1. The molecule has 1 fully saturated rings.